The Morgan fingerprint density at radius 2 is 1.89 bits per heavy atom. The number of carbonyl (C=O) groups excluding carboxylic acids is 2. The molecule has 0 saturated carbocycles. The molecule has 10 heteroatoms. The van der Waals surface area contributed by atoms with Crippen LogP contribution in [0.25, 0.3) is 0 Å². The van der Waals surface area contributed by atoms with Gasteiger partial charge in [0.1, 0.15) is 17.8 Å². The number of aliphatic imine (C=N–C) groups is 1. The Hall–Kier alpha value is -4.34. The largest absolute Gasteiger partial charge is 0.492 e. The summed E-state index contributed by atoms with van der Waals surface area (Å²) in [7, 11) is 3.10. The van der Waals surface area contributed by atoms with Crippen LogP contribution in [-0.4, -0.2) is 53.0 Å². The van der Waals surface area contributed by atoms with E-state index >= 15 is 0 Å². The molecular weight excluding hydrogens is 474 g/mol. The quantitative estimate of drug-likeness (QED) is 0.210. The number of methoxy groups -OCH3 is 1. The number of hydrogen-bond acceptors (Lipinski definition) is 7. The molecule has 2 amide bonds. The highest BCUT2D eigenvalue weighted by molar-refractivity contribution is 5.87. The van der Waals surface area contributed by atoms with Crippen molar-refractivity contribution in [3.63, 3.8) is 0 Å². The second kappa shape index (κ2) is 12.6. The van der Waals surface area contributed by atoms with Crippen molar-refractivity contribution in [3.05, 3.63) is 72.2 Å². The van der Waals surface area contributed by atoms with Gasteiger partial charge in [0.25, 0.3) is 5.91 Å². The summed E-state index contributed by atoms with van der Waals surface area (Å²) in [6, 6.07) is 9.11. The number of pyridine rings is 1. The monoisotopic (exact) mass is 509 g/mol. The summed E-state index contributed by atoms with van der Waals surface area (Å²) >= 11 is 0. The van der Waals surface area contributed by atoms with Gasteiger partial charge in [-0.2, -0.15) is 0 Å². The summed E-state index contributed by atoms with van der Waals surface area (Å²) in [5.74, 6) is 0.956. The van der Waals surface area contributed by atoms with Crippen molar-refractivity contribution in [3.8, 4) is 17.4 Å². The highest BCUT2D eigenvalue weighted by atomic mass is 16.6. The molecule has 2 aromatic rings. The molecule has 2 rings (SSSR count). The standard InChI is InChI=1S/C27H35N5O5/c1-10-23(33)30-31(8)17-28-20(4)32(26(34)37-27(5,6)7)16-21-18(2)14-15-22(25(21)35-9)36-24-13-11-12-19(3)29-24/h10-15,17H,1,4,16H2,2-3,5-9H3,(H,30,33)/b28-17-. The maximum Gasteiger partial charge on any atom is 0.416 e. The zero-order valence-electron chi connectivity index (χ0n) is 22.5. The van der Waals surface area contributed by atoms with Gasteiger partial charge in [0.2, 0.25) is 5.88 Å². The molecule has 0 aliphatic rings. The van der Waals surface area contributed by atoms with Crippen LogP contribution in [0, 0.1) is 13.8 Å². The Balaban J connectivity index is 2.43. The molecule has 0 unspecified atom stereocenters. The van der Waals surface area contributed by atoms with Crippen LogP contribution < -0.4 is 14.9 Å². The maximum absolute atomic E-state index is 13.2. The summed E-state index contributed by atoms with van der Waals surface area (Å²) in [6.45, 7) is 16.4. The Labute approximate surface area is 218 Å². The second-order valence-corrected chi connectivity index (χ2v) is 9.13. The van der Waals surface area contributed by atoms with Crippen molar-refractivity contribution in [2.24, 2.45) is 4.99 Å². The van der Waals surface area contributed by atoms with Crippen molar-refractivity contribution >= 4 is 18.3 Å². The van der Waals surface area contributed by atoms with Gasteiger partial charge < -0.3 is 14.2 Å². The molecule has 0 atom stereocenters. The van der Waals surface area contributed by atoms with E-state index in [9.17, 15) is 9.59 Å². The predicted octanol–water partition coefficient (Wildman–Crippen LogP) is 4.88. The van der Waals surface area contributed by atoms with Crippen LogP contribution in [0.5, 0.6) is 17.4 Å². The number of nitrogens with one attached hydrogen (secondary N) is 1. The fourth-order valence-corrected chi connectivity index (χ4v) is 3.10. The predicted molar refractivity (Wildman–Crippen MR) is 142 cm³/mol. The van der Waals surface area contributed by atoms with E-state index in [0.717, 1.165) is 17.3 Å². The molecule has 1 aromatic carbocycles. The zero-order valence-corrected chi connectivity index (χ0v) is 22.5. The van der Waals surface area contributed by atoms with Gasteiger partial charge in [0.15, 0.2) is 11.5 Å². The van der Waals surface area contributed by atoms with Gasteiger partial charge >= 0.3 is 6.09 Å². The molecule has 0 bridgehead atoms. The third-order valence-electron chi connectivity index (χ3n) is 4.83. The summed E-state index contributed by atoms with van der Waals surface area (Å²) in [5, 5.41) is 1.32. The lowest BCUT2D eigenvalue weighted by atomic mass is 10.1. The van der Waals surface area contributed by atoms with E-state index in [0.29, 0.717) is 22.9 Å². The first-order valence-electron chi connectivity index (χ1n) is 11.5. The molecule has 0 spiro atoms. The Morgan fingerprint density at radius 1 is 1.19 bits per heavy atom. The number of aryl methyl sites for hydroxylation is 2. The number of nitrogens with zero attached hydrogens (tertiary/aromatic N) is 4. The number of rotatable bonds is 10. The van der Waals surface area contributed by atoms with Gasteiger partial charge in [0, 0.05) is 24.4 Å². The van der Waals surface area contributed by atoms with E-state index in [-0.39, 0.29) is 12.4 Å². The first-order valence-corrected chi connectivity index (χ1v) is 11.5. The number of aromatic nitrogens is 1. The number of ether oxygens (including phenoxy) is 3. The first kappa shape index (κ1) is 28.9. The summed E-state index contributed by atoms with van der Waals surface area (Å²) in [4.78, 5) is 34.6. The molecule has 0 aliphatic carbocycles. The van der Waals surface area contributed by atoms with Crippen molar-refractivity contribution in [1.82, 2.24) is 20.3 Å². The van der Waals surface area contributed by atoms with E-state index in [4.69, 9.17) is 14.2 Å². The molecule has 0 fully saturated rings. The molecule has 1 N–H and O–H groups in total. The Bertz CT molecular complexity index is 1190. The van der Waals surface area contributed by atoms with Gasteiger partial charge in [-0.3, -0.25) is 20.1 Å². The molecule has 0 radical (unpaired) electrons. The van der Waals surface area contributed by atoms with Crippen molar-refractivity contribution in [2.45, 2.75) is 46.8 Å². The van der Waals surface area contributed by atoms with Crippen LogP contribution in [0.15, 0.2) is 60.4 Å². The Morgan fingerprint density at radius 3 is 2.49 bits per heavy atom. The summed E-state index contributed by atoms with van der Waals surface area (Å²) in [5.41, 5.74) is 4.08. The highest BCUT2D eigenvalue weighted by Crippen LogP contribution is 2.37. The Kier molecular flexibility index (Phi) is 9.82. The molecular formula is C27H35N5O5. The van der Waals surface area contributed by atoms with Crippen LogP contribution in [0.1, 0.15) is 37.6 Å². The third-order valence-corrected chi connectivity index (χ3v) is 4.83. The number of amides is 2. The van der Waals surface area contributed by atoms with Crippen LogP contribution in [0.3, 0.4) is 0 Å². The SMILES string of the molecule is C=CC(=O)NN(C)/C=N\C(=C)N(Cc1c(C)ccc(Oc2cccc(C)n2)c1OC)C(=O)OC(C)(C)C. The number of carbonyl (C=O) groups is 2. The minimum atomic E-state index is -0.755. The minimum absolute atomic E-state index is 0.0290. The van der Waals surface area contributed by atoms with Gasteiger partial charge in [-0.05, 0) is 58.4 Å². The van der Waals surface area contributed by atoms with Crippen molar-refractivity contribution in [2.75, 3.05) is 14.2 Å². The number of benzene rings is 1. The average molecular weight is 510 g/mol. The lowest BCUT2D eigenvalue weighted by molar-refractivity contribution is -0.119. The van der Waals surface area contributed by atoms with E-state index in [2.05, 4.69) is 28.6 Å². The van der Waals surface area contributed by atoms with Crippen molar-refractivity contribution in [1.29, 1.82) is 0 Å². The average Bonchev–Trinajstić information content (AvgIpc) is 2.81. The molecule has 10 nitrogen and oxygen atoms in total. The van der Waals surface area contributed by atoms with E-state index in [1.165, 1.54) is 23.4 Å². The second-order valence-electron chi connectivity index (χ2n) is 9.13. The normalized spacial score (nSPS) is 11.0. The molecule has 1 heterocycles. The topological polar surface area (TPSA) is 106 Å². The van der Waals surface area contributed by atoms with Gasteiger partial charge in [0.05, 0.1) is 13.7 Å². The zero-order chi connectivity index (χ0) is 27.8. The fraction of sp³-hybridized carbons (Fsp3) is 0.333. The van der Waals surface area contributed by atoms with E-state index in [1.54, 1.807) is 40.0 Å². The lowest BCUT2D eigenvalue weighted by Gasteiger charge is -2.28. The maximum atomic E-state index is 13.2. The van der Waals surface area contributed by atoms with E-state index in [1.807, 2.05) is 32.0 Å². The molecule has 37 heavy (non-hydrogen) atoms. The van der Waals surface area contributed by atoms with Gasteiger partial charge in [-0.1, -0.05) is 25.3 Å². The van der Waals surface area contributed by atoms with Crippen LogP contribution in [0.4, 0.5) is 4.79 Å². The van der Waals surface area contributed by atoms with Crippen LogP contribution in [0.2, 0.25) is 0 Å². The first-order chi connectivity index (χ1) is 17.3. The third kappa shape index (κ3) is 8.68. The smallest absolute Gasteiger partial charge is 0.416 e. The molecule has 198 valence electrons. The fourth-order valence-electron chi connectivity index (χ4n) is 3.10. The van der Waals surface area contributed by atoms with Crippen LogP contribution in [-0.2, 0) is 16.1 Å². The summed E-state index contributed by atoms with van der Waals surface area (Å²) < 4.78 is 17.3. The van der Waals surface area contributed by atoms with Gasteiger partial charge in [-0.15, -0.1) is 0 Å². The molecule has 0 aliphatic heterocycles. The summed E-state index contributed by atoms with van der Waals surface area (Å²) in [6.07, 6.45) is 1.79. The molecule has 1 aromatic heterocycles. The minimum Gasteiger partial charge on any atom is -0.492 e. The highest BCUT2D eigenvalue weighted by Gasteiger charge is 2.27. The van der Waals surface area contributed by atoms with E-state index < -0.39 is 17.6 Å². The number of hydrogen-bond donors (Lipinski definition) is 1. The van der Waals surface area contributed by atoms with Crippen LogP contribution >= 0.6 is 0 Å². The van der Waals surface area contributed by atoms with Gasteiger partial charge in [-0.25, -0.2) is 14.8 Å². The lowest BCUT2D eigenvalue weighted by Crippen LogP contribution is -2.38. The molecule has 0 saturated heterocycles. The van der Waals surface area contributed by atoms with Crippen molar-refractivity contribution < 1.29 is 23.8 Å². The number of hydrazine groups is 1.